The molecule has 0 unspecified atom stereocenters. The van der Waals surface area contributed by atoms with Gasteiger partial charge in [0.15, 0.2) is 0 Å². The number of aryl methyl sites for hydroxylation is 1. The zero-order valence-corrected chi connectivity index (χ0v) is 11.0. The molecule has 0 atom stereocenters. The normalized spacial score (nSPS) is 18.7. The van der Waals surface area contributed by atoms with Gasteiger partial charge in [-0.1, -0.05) is 6.92 Å². The first-order valence-corrected chi connectivity index (χ1v) is 6.75. The van der Waals surface area contributed by atoms with Gasteiger partial charge in [0, 0.05) is 0 Å². The lowest BCUT2D eigenvalue weighted by Gasteiger charge is -2.31. The SMILES string of the molecule is CCNCC1CCN(Cc2occc2C)CC1. The van der Waals surface area contributed by atoms with Crippen molar-refractivity contribution in [1.82, 2.24) is 10.2 Å². The van der Waals surface area contributed by atoms with Gasteiger partial charge in [-0.15, -0.1) is 0 Å². The molecule has 1 saturated heterocycles. The van der Waals surface area contributed by atoms with Crippen LogP contribution in [0.5, 0.6) is 0 Å². The summed E-state index contributed by atoms with van der Waals surface area (Å²) >= 11 is 0. The highest BCUT2D eigenvalue weighted by Gasteiger charge is 2.19. The standard InChI is InChI=1S/C14H24N2O/c1-3-15-10-13-4-7-16(8-5-13)11-14-12(2)6-9-17-14/h6,9,13,15H,3-5,7-8,10-11H2,1-2H3. The maximum Gasteiger partial charge on any atom is 0.120 e. The molecule has 1 aliphatic heterocycles. The molecular formula is C14H24N2O. The lowest BCUT2D eigenvalue weighted by atomic mass is 9.96. The van der Waals surface area contributed by atoms with Crippen LogP contribution in [-0.4, -0.2) is 31.1 Å². The topological polar surface area (TPSA) is 28.4 Å². The average Bonchev–Trinajstić information content (AvgIpc) is 2.74. The third-order valence-electron chi connectivity index (χ3n) is 3.73. The molecule has 0 aliphatic carbocycles. The Kier molecular flexibility index (Phi) is 4.63. The van der Waals surface area contributed by atoms with Crippen molar-refractivity contribution in [2.24, 2.45) is 5.92 Å². The fourth-order valence-electron chi connectivity index (χ4n) is 2.47. The largest absolute Gasteiger partial charge is 0.468 e. The van der Waals surface area contributed by atoms with Crippen molar-refractivity contribution in [3.63, 3.8) is 0 Å². The van der Waals surface area contributed by atoms with E-state index < -0.39 is 0 Å². The van der Waals surface area contributed by atoms with E-state index in [4.69, 9.17) is 4.42 Å². The van der Waals surface area contributed by atoms with Crippen LogP contribution >= 0.6 is 0 Å². The number of furan rings is 1. The summed E-state index contributed by atoms with van der Waals surface area (Å²) in [6.45, 7) is 9.96. The van der Waals surface area contributed by atoms with Crippen molar-refractivity contribution in [2.75, 3.05) is 26.2 Å². The Balaban J connectivity index is 1.74. The first-order valence-electron chi connectivity index (χ1n) is 6.75. The maximum atomic E-state index is 5.50. The third-order valence-corrected chi connectivity index (χ3v) is 3.73. The van der Waals surface area contributed by atoms with Crippen LogP contribution < -0.4 is 5.32 Å². The van der Waals surface area contributed by atoms with E-state index in [2.05, 4.69) is 24.1 Å². The Labute approximate surface area is 104 Å². The fraction of sp³-hybridized carbons (Fsp3) is 0.714. The summed E-state index contributed by atoms with van der Waals surface area (Å²) in [7, 11) is 0. The zero-order chi connectivity index (χ0) is 12.1. The highest BCUT2D eigenvalue weighted by molar-refractivity contribution is 5.14. The minimum atomic E-state index is 0.865. The molecule has 0 saturated carbocycles. The van der Waals surface area contributed by atoms with Crippen LogP contribution in [0.2, 0.25) is 0 Å². The molecule has 0 bridgehead atoms. The molecule has 1 aromatic rings. The first kappa shape index (κ1) is 12.7. The molecule has 1 N–H and O–H groups in total. The Morgan fingerprint density at radius 2 is 2.18 bits per heavy atom. The molecule has 2 heterocycles. The zero-order valence-electron chi connectivity index (χ0n) is 11.0. The van der Waals surface area contributed by atoms with E-state index in [1.54, 1.807) is 6.26 Å². The van der Waals surface area contributed by atoms with E-state index in [-0.39, 0.29) is 0 Å². The van der Waals surface area contributed by atoms with Crippen molar-refractivity contribution in [3.8, 4) is 0 Å². The van der Waals surface area contributed by atoms with Gasteiger partial charge >= 0.3 is 0 Å². The molecule has 2 rings (SSSR count). The summed E-state index contributed by atoms with van der Waals surface area (Å²) in [6.07, 6.45) is 4.42. The molecule has 17 heavy (non-hydrogen) atoms. The highest BCUT2D eigenvalue weighted by atomic mass is 16.3. The third kappa shape index (κ3) is 3.58. The van der Waals surface area contributed by atoms with E-state index in [1.165, 1.54) is 38.0 Å². The van der Waals surface area contributed by atoms with Gasteiger partial charge in [0.1, 0.15) is 5.76 Å². The summed E-state index contributed by atoms with van der Waals surface area (Å²) < 4.78 is 5.50. The van der Waals surface area contributed by atoms with Crippen molar-refractivity contribution >= 4 is 0 Å². The number of rotatable bonds is 5. The lowest BCUT2D eigenvalue weighted by Crippen LogP contribution is -2.36. The predicted molar refractivity (Wildman–Crippen MR) is 70.0 cm³/mol. The number of piperidine rings is 1. The van der Waals surface area contributed by atoms with E-state index in [0.29, 0.717) is 0 Å². The number of nitrogens with one attached hydrogen (secondary N) is 1. The molecular weight excluding hydrogens is 212 g/mol. The van der Waals surface area contributed by atoms with E-state index in [9.17, 15) is 0 Å². The molecule has 96 valence electrons. The second kappa shape index (κ2) is 6.22. The van der Waals surface area contributed by atoms with Crippen LogP contribution in [0.3, 0.4) is 0 Å². The van der Waals surface area contributed by atoms with Gasteiger partial charge in [-0.2, -0.15) is 0 Å². The Morgan fingerprint density at radius 1 is 1.41 bits per heavy atom. The van der Waals surface area contributed by atoms with E-state index in [1.807, 2.05) is 6.07 Å². The first-order chi connectivity index (χ1) is 8.29. The molecule has 0 aromatic carbocycles. The van der Waals surface area contributed by atoms with Crippen LogP contribution in [0.1, 0.15) is 31.1 Å². The number of nitrogens with zero attached hydrogens (tertiary/aromatic N) is 1. The molecule has 3 nitrogen and oxygen atoms in total. The van der Waals surface area contributed by atoms with Crippen molar-refractivity contribution in [1.29, 1.82) is 0 Å². The molecule has 3 heteroatoms. The van der Waals surface area contributed by atoms with Gasteiger partial charge in [0.05, 0.1) is 12.8 Å². The van der Waals surface area contributed by atoms with Crippen LogP contribution in [0.25, 0.3) is 0 Å². The molecule has 1 aliphatic rings. The summed E-state index contributed by atoms with van der Waals surface area (Å²) in [5.74, 6) is 2.00. The van der Waals surface area contributed by atoms with Gasteiger partial charge in [0.25, 0.3) is 0 Å². The van der Waals surface area contributed by atoms with Gasteiger partial charge in [-0.25, -0.2) is 0 Å². The molecule has 1 fully saturated rings. The quantitative estimate of drug-likeness (QED) is 0.851. The van der Waals surface area contributed by atoms with Gasteiger partial charge in [-0.05, 0) is 63.5 Å². The van der Waals surface area contributed by atoms with Crippen molar-refractivity contribution in [2.45, 2.75) is 33.2 Å². The molecule has 1 aromatic heterocycles. The fourth-order valence-corrected chi connectivity index (χ4v) is 2.47. The summed E-state index contributed by atoms with van der Waals surface area (Å²) in [6, 6.07) is 2.05. The van der Waals surface area contributed by atoms with E-state index >= 15 is 0 Å². The van der Waals surface area contributed by atoms with Gasteiger partial charge < -0.3 is 9.73 Å². The predicted octanol–water partition coefficient (Wildman–Crippen LogP) is 2.41. The van der Waals surface area contributed by atoms with E-state index in [0.717, 1.165) is 24.8 Å². The Hall–Kier alpha value is -0.800. The van der Waals surface area contributed by atoms with Crippen molar-refractivity contribution in [3.05, 3.63) is 23.7 Å². The second-order valence-electron chi connectivity index (χ2n) is 5.05. The molecule has 0 radical (unpaired) electrons. The van der Waals surface area contributed by atoms with Crippen LogP contribution in [-0.2, 0) is 6.54 Å². The van der Waals surface area contributed by atoms with Crippen LogP contribution in [0.4, 0.5) is 0 Å². The number of hydrogen-bond acceptors (Lipinski definition) is 3. The van der Waals surface area contributed by atoms with Gasteiger partial charge in [0.2, 0.25) is 0 Å². The number of likely N-dealkylation sites (tertiary alicyclic amines) is 1. The Morgan fingerprint density at radius 3 is 2.76 bits per heavy atom. The lowest BCUT2D eigenvalue weighted by molar-refractivity contribution is 0.165. The molecule has 0 spiro atoms. The van der Waals surface area contributed by atoms with Crippen LogP contribution in [0.15, 0.2) is 16.7 Å². The highest BCUT2D eigenvalue weighted by Crippen LogP contribution is 2.19. The number of hydrogen-bond donors (Lipinski definition) is 1. The van der Waals surface area contributed by atoms with Crippen molar-refractivity contribution < 1.29 is 4.42 Å². The monoisotopic (exact) mass is 236 g/mol. The summed E-state index contributed by atoms with van der Waals surface area (Å²) in [5, 5.41) is 3.45. The smallest absolute Gasteiger partial charge is 0.120 e. The maximum absolute atomic E-state index is 5.50. The van der Waals surface area contributed by atoms with Gasteiger partial charge in [-0.3, -0.25) is 4.90 Å². The second-order valence-corrected chi connectivity index (χ2v) is 5.05. The average molecular weight is 236 g/mol. The molecule has 0 amide bonds. The Bertz CT molecular complexity index is 327. The summed E-state index contributed by atoms with van der Waals surface area (Å²) in [5.41, 5.74) is 1.28. The minimum absolute atomic E-state index is 0.865. The van der Waals surface area contributed by atoms with Crippen LogP contribution in [0, 0.1) is 12.8 Å². The summed E-state index contributed by atoms with van der Waals surface area (Å²) in [4.78, 5) is 2.51. The minimum Gasteiger partial charge on any atom is -0.468 e.